The Bertz CT molecular complexity index is 1330. The van der Waals surface area contributed by atoms with Crippen molar-refractivity contribution in [3.8, 4) is 0 Å². The van der Waals surface area contributed by atoms with Gasteiger partial charge in [0, 0.05) is 22.0 Å². The Hall–Kier alpha value is -3.61. The van der Waals surface area contributed by atoms with E-state index in [0.717, 1.165) is 10.5 Å². The molecule has 0 aromatic heterocycles. The van der Waals surface area contributed by atoms with Gasteiger partial charge in [0.1, 0.15) is 10.7 Å². The third-order valence-corrected chi connectivity index (χ3v) is 5.70. The van der Waals surface area contributed by atoms with Gasteiger partial charge in [0.2, 0.25) is 0 Å². The number of amides is 3. The highest BCUT2D eigenvalue weighted by Crippen LogP contribution is 2.33. The Balaban J connectivity index is 1.56. The minimum atomic E-state index is -0.650. The van der Waals surface area contributed by atoms with Gasteiger partial charge in [0.05, 0.1) is 5.69 Å². The second-order valence-electron chi connectivity index (χ2n) is 7.59. The molecule has 8 heteroatoms. The summed E-state index contributed by atoms with van der Waals surface area (Å²) in [7, 11) is 0. The highest BCUT2D eigenvalue weighted by atomic mass is 35.5. The second-order valence-corrected chi connectivity index (χ2v) is 8.41. The van der Waals surface area contributed by atoms with Crippen LogP contribution in [0, 0.1) is 13.8 Å². The van der Waals surface area contributed by atoms with Gasteiger partial charge < -0.3 is 10.6 Å². The van der Waals surface area contributed by atoms with Crippen LogP contribution < -0.4 is 15.5 Å². The van der Waals surface area contributed by atoms with Crippen molar-refractivity contribution in [3.05, 3.63) is 99.2 Å². The number of carbonyl (C=O) groups excluding carboxylic acids is 3. The molecule has 0 fully saturated rings. The SMILES string of the molecule is Cc1cccc(NC(=O)c2cccc(NC3=C(Cl)C(=O)N(c4cc(Cl)ccc4C)C3=O)c2)c1. The maximum absolute atomic E-state index is 13.1. The van der Waals surface area contributed by atoms with Crippen LogP contribution in [0.5, 0.6) is 0 Å². The van der Waals surface area contributed by atoms with Gasteiger partial charge >= 0.3 is 0 Å². The van der Waals surface area contributed by atoms with E-state index >= 15 is 0 Å². The van der Waals surface area contributed by atoms with E-state index in [9.17, 15) is 14.4 Å². The lowest BCUT2D eigenvalue weighted by Crippen LogP contribution is -2.32. The number of nitrogens with one attached hydrogen (secondary N) is 2. The van der Waals surface area contributed by atoms with Crippen LogP contribution in [0.1, 0.15) is 21.5 Å². The number of halogens is 2. The zero-order chi connectivity index (χ0) is 23.7. The van der Waals surface area contributed by atoms with Crippen molar-refractivity contribution in [2.45, 2.75) is 13.8 Å². The molecule has 1 heterocycles. The molecule has 3 aromatic carbocycles. The summed E-state index contributed by atoms with van der Waals surface area (Å²) < 4.78 is 0. The fourth-order valence-corrected chi connectivity index (χ4v) is 3.84. The van der Waals surface area contributed by atoms with Gasteiger partial charge in [0.15, 0.2) is 0 Å². The van der Waals surface area contributed by atoms with Crippen LogP contribution in [-0.2, 0) is 9.59 Å². The highest BCUT2D eigenvalue weighted by molar-refractivity contribution is 6.53. The van der Waals surface area contributed by atoms with Crippen LogP contribution >= 0.6 is 23.2 Å². The van der Waals surface area contributed by atoms with Crippen molar-refractivity contribution in [2.75, 3.05) is 15.5 Å². The zero-order valence-electron chi connectivity index (χ0n) is 17.8. The van der Waals surface area contributed by atoms with E-state index < -0.39 is 11.8 Å². The number of benzene rings is 3. The van der Waals surface area contributed by atoms with Crippen molar-refractivity contribution >= 4 is 58.0 Å². The van der Waals surface area contributed by atoms with E-state index in [2.05, 4.69) is 10.6 Å². The molecule has 4 rings (SSSR count). The lowest BCUT2D eigenvalue weighted by Gasteiger charge is -2.18. The minimum Gasteiger partial charge on any atom is -0.350 e. The van der Waals surface area contributed by atoms with E-state index in [0.29, 0.717) is 33.2 Å². The number of aryl methyl sites for hydroxylation is 2. The molecule has 2 N–H and O–H groups in total. The first kappa shape index (κ1) is 22.6. The zero-order valence-corrected chi connectivity index (χ0v) is 19.3. The summed E-state index contributed by atoms with van der Waals surface area (Å²) in [5.74, 6) is -1.57. The highest BCUT2D eigenvalue weighted by Gasteiger charge is 2.39. The Morgan fingerprint density at radius 3 is 2.33 bits per heavy atom. The fourth-order valence-electron chi connectivity index (χ4n) is 3.46. The average molecular weight is 480 g/mol. The summed E-state index contributed by atoms with van der Waals surface area (Å²) in [6.45, 7) is 3.70. The molecule has 0 aliphatic carbocycles. The number of anilines is 3. The lowest BCUT2D eigenvalue weighted by molar-refractivity contribution is -0.120. The third-order valence-electron chi connectivity index (χ3n) is 5.11. The van der Waals surface area contributed by atoms with Gasteiger partial charge in [-0.3, -0.25) is 14.4 Å². The van der Waals surface area contributed by atoms with Gasteiger partial charge in [-0.2, -0.15) is 0 Å². The van der Waals surface area contributed by atoms with Gasteiger partial charge in [-0.25, -0.2) is 4.90 Å². The predicted molar refractivity (Wildman–Crippen MR) is 131 cm³/mol. The Morgan fingerprint density at radius 2 is 1.58 bits per heavy atom. The maximum atomic E-state index is 13.1. The second kappa shape index (κ2) is 9.10. The molecule has 166 valence electrons. The Labute approximate surface area is 200 Å². The third kappa shape index (κ3) is 4.62. The quantitative estimate of drug-likeness (QED) is 0.463. The molecule has 3 amide bonds. The van der Waals surface area contributed by atoms with E-state index in [4.69, 9.17) is 23.2 Å². The summed E-state index contributed by atoms with van der Waals surface area (Å²) in [5.41, 5.74) is 3.49. The summed E-state index contributed by atoms with van der Waals surface area (Å²) in [6, 6.07) is 18.9. The van der Waals surface area contributed by atoms with Crippen molar-refractivity contribution in [1.82, 2.24) is 0 Å². The standard InChI is InChI=1S/C25H19Cl2N3O3/c1-14-5-3-7-18(11-14)29-23(31)16-6-4-8-19(12-16)28-22-21(27)24(32)30(25(22)33)20-13-17(26)10-9-15(20)2/h3-13,28H,1-2H3,(H,29,31). The summed E-state index contributed by atoms with van der Waals surface area (Å²) in [6.07, 6.45) is 0. The molecule has 3 aromatic rings. The first-order chi connectivity index (χ1) is 15.7. The molecule has 0 radical (unpaired) electrons. The molecule has 1 aliphatic heterocycles. The molecule has 0 unspecified atom stereocenters. The number of hydrogen-bond acceptors (Lipinski definition) is 4. The molecule has 6 nitrogen and oxygen atoms in total. The average Bonchev–Trinajstić information content (AvgIpc) is 2.99. The fraction of sp³-hybridized carbons (Fsp3) is 0.0800. The first-order valence-electron chi connectivity index (χ1n) is 10.0. The van der Waals surface area contributed by atoms with Crippen LogP contribution in [0.15, 0.2) is 77.5 Å². The predicted octanol–water partition coefficient (Wildman–Crippen LogP) is 5.64. The largest absolute Gasteiger partial charge is 0.350 e. The van der Waals surface area contributed by atoms with Crippen LogP contribution in [0.2, 0.25) is 5.02 Å². The molecule has 0 atom stereocenters. The van der Waals surface area contributed by atoms with Crippen molar-refractivity contribution in [1.29, 1.82) is 0 Å². The number of imide groups is 1. The summed E-state index contributed by atoms with van der Waals surface area (Å²) in [4.78, 5) is 39.5. The van der Waals surface area contributed by atoms with Crippen LogP contribution in [0.4, 0.5) is 17.1 Å². The molecule has 0 saturated heterocycles. The Morgan fingerprint density at radius 1 is 0.848 bits per heavy atom. The number of rotatable bonds is 5. The minimum absolute atomic E-state index is 0.0720. The molecule has 0 spiro atoms. The number of nitrogens with zero attached hydrogens (tertiary/aromatic N) is 1. The van der Waals surface area contributed by atoms with Crippen molar-refractivity contribution < 1.29 is 14.4 Å². The van der Waals surface area contributed by atoms with Crippen LogP contribution in [-0.4, -0.2) is 17.7 Å². The van der Waals surface area contributed by atoms with Gasteiger partial charge in [0.25, 0.3) is 17.7 Å². The van der Waals surface area contributed by atoms with Gasteiger partial charge in [-0.05, 0) is 67.4 Å². The van der Waals surface area contributed by atoms with E-state index in [1.807, 2.05) is 25.1 Å². The van der Waals surface area contributed by atoms with E-state index in [1.165, 1.54) is 6.07 Å². The smallest absolute Gasteiger partial charge is 0.283 e. The molecule has 0 saturated carbocycles. The summed E-state index contributed by atoms with van der Waals surface area (Å²) >= 11 is 12.3. The number of carbonyl (C=O) groups is 3. The molecular formula is C25H19Cl2N3O3. The van der Waals surface area contributed by atoms with Crippen molar-refractivity contribution in [3.63, 3.8) is 0 Å². The molecule has 0 bridgehead atoms. The van der Waals surface area contributed by atoms with Crippen molar-refractivity contribution in [2.24, 2.45) is 0 Å². The first-order valence-corrected chi connectivity index (χ1v) is 10.8. The van der Waals surface area contributed by atoms with Crippen LogP contribution in [0.3, 0.4) is 0 Å². The lowest BCUT2D eigenvalue weighted by atomic mass is 10.1. The normalized spacial score (nSPS) is 13.5. The van der Waals surface area contributed by atoms with E-state index in [1.54, 1.807) is 49.4 Å². The maximum Gasteiger partial charge on any atom is 0.283 e. The van der Waals surface area contributed by atoms with Gasteiger partial charge in [-0.1, -0.05) is 47.5 Å². The monoisotopic (exact) mass is 479 g/mol. The summed E-state index contributed by atoms with van der Waals surface area (Å²) in [5, 5.41) is 5.88. The van der Waals surface area contributed by atoms with E-state index in [-0.39, 0.29) is 16.6 Å². The number of hydrogen-bond donors (Lipinski definition) is 2. The molecule has 33 heavy (non-hydrogen) atoms. The topological polar surface area (TPSA) is 78.5 Å². The molecular weight excluding hydrogens is 461 g/mol. The molecule has 1 aliphatic rings. The van der Waals surface area contributed by atoms with Crippen LogP contribution in [0.25, 0.3) is 0 Å². The van der Waals surface area contributed by atoms with Gasteiger partial charge in [-0.15, -0.1) is 0 Å². The Kier molecular flexibility index (Phi) is 6.22.